The van der Waals surface area contributed by atoms with Gasteiger partial charge in [-0.25, -0.2) is 0 Å². The number of halogens is 1. The molecule has 110 valence electrons. The van der Waals surface area contributed by atoms with Crippen molar-refractivity contribution in [2.24, 2.45) is 0 Å². The van der Waals surface area contributed by atoms with Gasteiger partial charge in [0.1, 0.15) is 0 Å². The summed E-state index contributed by atoms with van der Waals surface area (Å²) in [6.45, 7) is 0. The lowest BCUT2D eigenvalue weighted by Gasteiger charge is -2.07. The average molecular weight is 322 g/mol. The summed E-state index contributed by atoms with van der Waals surface area (Å²) >= 11 is 6.06. The van der Waals surface area contributed by atoms with Crippen molar-refractivity contribution in [2.75, 3.05) is 0 Å². The van der Waals surface area contributed by atoms with E-state index < -0.39 is 18.1 Å². The van der Waals surface area contributed by atoms with Crippen molar-refractivity contribution in [1.82, 2.24) is 0 Å². The molecule has 0 amide bonds. The zero-order valence-electron chi connectivity index (χ0n) is 19.0. The Balaban J connectivity index is 1.96. The Kier molecular flexibility index (Phi) is 2.14. The normalized spacial score (nSPS) is 15.1. The van der Waals surface area contributed by atoms with E-state index in [-0.39, 0.29) is 40.5 Å². The summed E-state index contributed by atoms with van der Waals surface area (Å²) in [7, 11) is 0. The SMILES string of the molecule is [2H]c1c([2H])c([2H])c2c([2H])c(-c3ccc(-c4cccc(Cl)c4)cc3)c([2H])c([2H])c2c1[2H]. The first-order valence-corrected chi connectivity index (χ1v) is 7.46. The number of benzene rings is 4. The highest BCUT2D eigenvalue weighted by molar-refractivity contribution is 6.30. The molecule has 0 aliphatic rings. The number of hydrogen-bond donors (Lipinski definition) is 0. The summed E-state index contributed by atoms with van der Waals surface area (Å²) in [6.07, 6.45) is 0. The lowest BCUT2D eigenvalue weighted by atomic mass is 9.98. The Hall–Kier alpha value is -2.57. The van der Waals surface area contributed by atoms with E-state index in [1.807, 2.05) is 30.3 Å². The van der Waals surface area contributed by atoms with Crippen molar-refractivity contribution in [1.29, 1.82) is 0 Å². The van der Waals surface area contributed by atoms with Gasteiger partial charge in [0.05, 0.1) is 9.60 Å². The summed E-state index contributed by atoms with van der Waals surface area (Å²) in [5.74, 6) is 0. The monoisotopic (exact) mass is 321 g/mol. The molecule has 4 aromatic rings. The van der Waals surface area contributed by atoms with E-state index in [1.54, 1.807) is 18.2 Å². The average Bonchev–Trinajstić information content (AvgIpc) is 2.74. The van der Waals surface area contributed by atoms with Crippen molar-refractivity contribution in [3.05, 3.63) is 95.9 Å². The Morgan fingerprint density at radius 3 is 2.09 bits per heavy atom. The summed E-state index contributed by atoms with van der Waals surface area (Å²) in [4.78, 5) is 0. The van der Waals surface area contributed by atoms with Crippen LogP contribution in [0.15, 0.2) is 90.8 Å². The Morgan fingerprint density at radius 2 is 1.35 bits per heavy atom. The lowest BCUT2D eigenvalue weighted by Crippen LogP contribution is -1.81. The Labute approximate surface area is 150 Å². The second-order valence-electron chi connectivity index (χ2n) is 5.09. The molecule has 23 heavy (non-hydrogen) atoms. The van der Waals surface area contributed by atoms with Crippen LogP contribution in [0.3, 0.4) is 0 Å². The zero-order valence-corrected chi connectivity index (χ0v) is 12.8. The van der Waals surface area contributed by atoms with Crippen LogP contribution in [0, 0.1) is 0 Å². The third-order valence-corrected chi connectivity index (χ3v) is 3.82. The molecule has 1 heteroatoms. The third-order valence-electron chi connectivity index (χ3n) is 3.58. The molecule has 0 bridgehead atoms. The highest BCUT2D eigenvalue weighted by Gasteiger charge is 2.02. The van der Waals surface area contributed by atoms with Gasteiger partial charge >= 0.3 is 0 Å². The maximum atomic E-state index is 8.60. The minimum absolute atomic E-state index is 0.0454. The number of hydrogen-bond acceptors (Lipinski definition) is 0. The van der Waals surface area contributed by atoms with E-state index in [9.17, 15) is 0 Å². The van der Waals surface area contributed by atoms with Gasteiger partial charge in [-0.15, -0.1) is 0 Å². The Morgan fingerprint density at radius 1 is 0.652 bits per heavy atom. The van der Waals surface area contributed by atoms with Gasteiger partial charge in [-0.05, 0) is 51.2 Å². The van der Waals surface area contributed by atoms with Crippen LogP contribution in [-0.2, 0) is 0 Å². The molecule has 0 spiro atoms. The first-order valence-electron chi connectivity index (χ1n) is 10.6. The fraction of sp³-hybridized carbons (Fsp3) is 0. The number of rotatable bonds is 2. The molecule has 0 unspecified atom stereocenters. The lowest BCUT2D eigenvalue weighted by molar-refractivity contribution is 1.60. The van der Waals surface area contributed by atoms with Gasteiger partial charge in [0.15, 0.2) is 0 Å². The topological polar surface area (TPSA) is 0 Å². The summed E-state index contributed by atoms with van der Waals surface area (Å²) < 4.78 is 57.4. The van der Waals surface area contributed by atoms with Gasteiger partial charge < -0.3 is 0 Å². The first kappa shape index (κ1) is 8.33. The van der Waals surface area contributed by atoms with Gasteiger partial charge in [-0.3, -0.25) is 0 Å². The molecular formula is C22H15Cl. The van der Waals surface area contributed by atoms with E-state index in [2.05, 4.69) is 0 Å². The van der Waals surface area contributed by atoms with Crippen LogP contribution >= 0.6 is 11.6 Å². The van der Waals surface area contributed by atoms with E-state index in [0.717, 1.165) is 11.1 Å². The van der Waals surface area contributed by atoms with Crippen LogP contribution < -0.4 is 0 Å². The third kappa shape index (κ3) is 2.86. The van der Waals surface area contributed by atoms with E-state index >= 15 is 0 Å². The van der Waals surface area contributed by atoms with Crippen molar-refractivity contribution < 1.29 is 9.60 Å². The van der Waals surface area contributed by atoms with Crippen LogP contribution in [0.1, 0.15) is 9.60 Å². The second-order valence-corrected chi connectivity index (χ2v) is 5.52. The van der Waals surface area contributed by atoms with Gasteiger partial charge in [0.25, 0.3) is 0 Å². The predicted octanol–water partition coefficient (Wildman–Crippen LogP) is 6.83. The first-order chi connectivity index (χ1) is 14.2. The molecule has 0 atom stereocenters. The number of fused-ring (bicyclic) bond motifs is 1. The molecule has 0 saturated heterocycles. The van der Waals surface area contributed by atoms with Crippen molar-refractivity contribution >= 4 is 22.4 Å². The molecule has 0 saturated carbocycles. The fourth-order valence-electron chi connectivity index (χ4n) is 2.42. The quantitative estimate of drug-likeness (QED) is 0.379. The van der Waals surface area contributed by atoms with Crippen LogP contribution in [0.5, 0.6) is 0 Å². The molecule has 4 rings (SSSR count). The van der Waals surface area contributed by atoms with Gasteiger partial charge in [0, 0.05) is 5.02 Å². The molecule has 0 radical (unpaired) electrons. The minimum atomic E-state index is -0.474. The molecule has 4 aromatic carbocycles. The molecule has 0 fully saturated rings. The van der Waals surface area contributed by atoms with Crippen LogP contribution in [-0.4, -0.2) is 0 Å². The highest BCUT2D eigenvalue weighted by Crippen LogP contribution is 2.28. The largest absolute Gasteiger partial charge is 0.0843 e. The summed E-state index contributed by atoms with van der Waals surface area (Å²) in [5.41, 5.74) is 2.50. The fourth-order valence-corrected chi connectivity index (χ4v) is 2.61. The molecule has 0 heterocycles. The maximum Gasteiger partial charge on any atom is 0.0636 e. The van der Waals surface area contributed by atoms with Crippen molar-refractivity contribution in [2.45, 2.75) is 0 Å². The molecule has 0 aromatic heterocycles. The van der Waals surface area contributed by atoms with E-state index in [4.69, 9.17) is 21.2 Å². The van der Waals surface area contributed by atoms with E-state index in [1.165, 1.54) is 0 Å². The van der Waals surface area contributed by atoms with Crippen molar-refractivity contribution in [3.8, 4) is 22.3 Å². The van der Waals surface area contributed by atoms with E-state index in [0.29, 0.717) is 10.6 Å². The minimum Gasteiger partial charge on any atom is -0.0843 e. The van der Waals surface area contributed by atoms with Gasteiger partial charge in [-0.1, -0.05) is 84.3 Å². The smallest absolute Gasteiger partial charge is 0.0636 e. The maximum absolute atomic E-state index is 8.60. The highest BCUT2D eigenvalue weighted by atomic mass is 35.5. The molecule has 0 aliphatic heterocycles. The molecule has 0 aliphatic carbocycles. The summed E-state index contributed by atoms with van der Waals surface area (Å²) in [6, 6.07) is 12.0. The second kappa shape index (κ2) is 5.91. The van der Waals surface area contributed by atoms with Gasteiger partial charge in [-0.2, -0.15) is 0 Å². The zero-order chi connectivity index (χ0) is 21.7. The molecule has 0 nitrogen and oxygen atoms in total. The summed E-state index contributed by atoms with van der Waals surface area (Å²) in [5, 5.41) is 0.465. The van der Waals surface area contributed by atoms with Crippen LogP contribution in [0.2, 0.25) is 5.02 Å². The van der Waals surface area contributed by atoms with Crippen LogP contribution in [0.25, 0.3) is 33.0 Å². The van der Waals surface area contributed by atoms with Crippen LogP contribution in [0.4, 0.5) is 0 Å². The predicted molar refractivity (Wildman–Crippen MR) is 99.8 cm³/mol. The molecular weight excluding hydrogens is 300 g/mol. The standard InChI is InChI=1S/C22H15Cl/c23-22-7-3-6-20(15-22)17-8-10-18(11-9-17)21-13-12-16-4-1-2-5-19(16)14-21/h1-15H/i1D,2D,4D,5D,12D,13D,14D. The van der Waals surface area contributed by atoms with Crippen molar-refractivity contribution in [3.63, 3.8) is 0 Å². The van der Waals surface area contributed by atoms with Gasteiger partial charge in [0.2, 0.25) is 0 Å². The Bertz CT molecular complexity index is 1310. The molecule has 0 N–H and O–H groups in total.